The van der Waals surface area contributed by atoms with Gasteiger partial charge in [-0.05, 0) is 5.56 Å². The lowest BCUT2D eigenvalue weighted by Gasteiger charge is -2.05. The van der Waals surface area contributed by atoms with Crippen LogP contribution in [-0.4, -0.2) is 30.8 Å². The van der Waals surface area contributed by atoms with Gasteiger partial charge < -0.3 is 10.8 Å². The number of nitrogens with two attached hydrogens (primary N) is 1. The molecule has 0 aliphatic carbocycles. The van der Waals surface area contributed by atoms with Crippen LogP contribution in [0.15, 0.2) is 36.4 Å². The van der Waals surface area contributed by atoms with Gasteiger partial charge in [0.2, 0.25) is 5.95 Å². The van der Waals surface area contributed by atoms with E-state index in [4.69, 9.17) is 17.3 Å². The fourth-order valence-corrected chi connectivity index (χ4v) is 2.76. The Morgan fingerprint density at radius 3 is 2.62 bits per heavy atom. The summed E-state index contributed by atoms with van der Waals surface area (Å²) in [7, 11) is 1.58. The van der Waals surface area contributed by atoms with Gasteiger partial charge in [0.1, 0.15) is 16.5 Å². The van der Waals surface area contributed by atoms with Crippen LogP contribution in [-0.2, 0) is 13.5 Å². The monoisotopic (exact) mass is 343 g/mol. The van der Waals surface area contributed by atoms with Crippen molar-refractivity contribution < 1.29 is 9.90 Å². The van der Waals surface area contributed by atoms with Gasteiger partial charge in [-0.1, -0.05) is 41.9 Å². The maximum atomic E-state index is 11.7. The lowest BCUT2D eigenvalue weighted by atomic mass is 10.0. The fraction of sp³-hybridized carbons (Fsp3) is 0.125. The van der Waals surface area contributed by atoms with E-state index in [9.17, 15) is 9.90 Å². The molecule has 0 unspecified atom stereocenters. The van der Waals surface area contributed by atoms with Crippen molar-refractivity contribution in [2.45, 2.75) is 6.42 Å². The number of anilines is 1. The van der Waals surface area contributed by atoms with Gasteiger partial charge in [-0.3, -0.25) is 4.68 Å². The van der Waals surface area contributed by atoms with Crippen molar-refractivity contribution >= 4 is 23.5 Å². The third-order valence-electron chi connectivity index (χ3n) is 3.53. The molecule has 0 bridgehead atoms. The van der Waals surface area contributed by atoms with Gasteiger partial charge in [-0.2, -0.15) is 5.10 Å². The van der Waals surface area contributed by atoms with Crippen molar-refractivity contribution in [3.63, 3.8) is 0 Å². The number of hydrogen-bond donors (Lipinski definition) is 2. The van der Waals surface area contributed by atoms with Crippen molar-refractivity contribution in [1.82, 2.24) is 19.7 Å². The molecule has 0 spiro atoms. The van der Waals surface area contributed by atoms with Crippen LogP contribution in [0.2, 0.25) is 5.15 Å². The van der Waals surface area contributed by atoms with Crippen LogP contribution in [0.4, 0.5) is 5.95 Å². The average molecular weight is 344 g/mol. The first-order chi connectivity index (χ1) is 11.5. The summed E-state index contributed by atoms with van der Waals surface area (Å²) in [5.74, 6) is -1.05. The molecule has 0 fully saturated rings. The van der Waals surface area contributed by atoms with Gasteiger partial charge in [0.15, 0.2) is 0 Å². The molecule has 122 valence electrons. The van der Waals surface area contributed by atoms with Crippen LogP contribution in [0, 0.1) is 0 Å². The van der Waals surface area contributed by atoms with Gasteiger partial charge in [0.05, 0.1) is 5.69 Å². The van der Waals surface area contributed by atoms with Gasteiger partial charge in [-0.25, -0.2) is 14.8 Å². The average Bonchev–Trinajstić information content (AvgIpc) is 2.84. The summed E-state index contributed by atoms with van der Waals surface area (Å²) in [5, 5.41) is 14.0. The third-order valence-corrected chi connectivity index (χ3v) is 3.72. The van der Waals surface area contributed by atoms with E-state index in [0.717, 1.165) is 5.56 Å². The Bertz CT molecular complexity index is 888. The number of carboxylic acids is 1. The summed E-state index contributed by atoms with van der Waals surface area (Å²) in [5.41, 5.74) is 8.07. The summed E-state index contributed by atoms with van der Waals surface area (Å²) in [4.78, 5) is 19.6. The number of nitrogen functional groups attached to an aromatic ring is 1. The van der Waals surface area contributed by atoms with Crippen molar-refractivity contribution in [1.29, 1.82) is 0 Å². The zero-order chi connectivity index (χ0) is 17.3. The quantitative estimate of drug-likeness (QED) is 0.704. The van der Waals surface area contributed by atoms with Gasteiger partial charge >= 0.3 is 5.97 Å². The van der Waals surface area contributed by atoms with Crippen molar-refractivity contribution in [3.05, 3.63) is 58.4 Å². The zero-order valence-electron chi connectivity index (χ0n) is 12.8. The summed E-state index contributed by atoms with van der Waals surface area (Å²) in [6, 6.07) is 11.0. The lowest BCUT2D eigenvalue weighted by Crippen LogP contribution is -2.08. The molecule has 0 amide bonds. The van der Waals surface area contributed by atoms with Crippen LogP contribution in [0.3, 0.4) is 0 Å². The first-order valence-corrected chi connectivity index (χ1v) is 7.47. The van der Waals surface area contributed by atoms with E-state index in [2.05, 4.69) is 15.1 Å². The minimum absolute atomic E-state index is 0.00527. The van der Waals surface area contributed by atoms with Crippen molar-refractivity contribution in [2.75, 3.05) is 5.73 Å². The number of carboxylic acid groups (broad SMARTS) is 1. The topological polar surface area (TPSA) is 107 Å². The molecule has 3 aromatic rings. The zero-order valence-corrected chi connectivity index (χ0v) is 13.5. The molecule has 3 rings (SSSR count). The number of aromatic carboxylic acids is 1. The molecule has 0 radical (unpaired) electrons. The summed E-state index contributed by atoms with van der Waals surface area (Å²) < 4.78 is 1.32. The molecule has 2 heterocycles. The van der Waals surface area contributed by atoms with Gasteiger partial charge in [0, 0.05) is 25.1 Å². The number of carbonyl (C=O) groups is 1. The maximum absolute atomic E-state index is 11.7. The van der Waals surface area contributed by atoms with E-state index < -0.39 is 5.97 Å². The van der Waals surface area contributed by atoms with E-state index in [1.807, 2.05) is 30.3 Å². The second-order valence-electron chi connectivity index (χ2n) is 5.20. The highest BCUT2D eigenvalue weighted by Crippen LogP contribution is 2.28. The van der Waals surface area contributed by atoms with E-state index in [1.54, 1.807) is 7.05 Å². The molecule has 0 atom stereocenters. The Morgan fingerprint density at radius 2 is 2.00 bits per heavy atom. The Morgan fingerprint density at radius 1 is 1.29 bits per heavy atom. The second kappa shape index (κ2) is 6.29. The number of nitrogens with zero attached hydrogens (tertiary/aromatic N) is 4. The number of rotatable bonds is 4. The molecule has 2 aromatic heterocycles. The Labute approximate surface area is 142 Å². The molecule has 0 aliphatic heterocycles. The number of halogens is 1. The molecule has 0 saturated carbocycles. The largest absolute Gasteiger partial charge is 0.477 e. The summed E-state index contributed by atoms with van der Waals surface area (Å²) >= 11 is 5.94. The summed E-state index contributed by atoms with van der Waals surface area (Å²) in [6.07, 6.45) is 0.396. The normalized spacial score (nSPS) is 10.8. The highest BCUT2D eigenvalue weighted by Gasteiger charge is 2.24. The van der Waals surface area contributed by atoms with Crippen molar-refractivity contribution in [2.24, 2.45) is 7.05 Å². The Kier molecular flexibility index (Phi) is 4.18. The molecule has 8 heteroatoms. The molecule has 0 saturated heterocycles. The molecule has 3 N–H and O–H groups in total. The molecule has 7 nitrogen and oxygen atoms in total. The standard InChI is InChI=1S/C16H14ClN5O2/c1-22-14(15(23)24)10(7-9-5-3-2-4-6-9)13(21-22)11-8-12(17)20-16(18)19-11/h2-6,8H,7H2,1H3,(H,23,24)(H2,18,19,20). The first-order valence-electron chi connectivity index (χ1n) is 7.09. The minimum atomic E-state index is -1.06. The van der Waals surface area contributed by atoms with Crippen molar-refractivity contribution in [3.8, 4) is 11.4 Å². The van der Waals surface area contributed by atoms with Crippen LogP contribution >= 0.6 is 11.6 Å². The Hall–Kier alpha value is -2.93. The predicted octanol–water partition coefficient (Wildman–Crippen LogP) is 2.40. The van der Waals surface area contributed by atoms with Crippen LogP contribution in [0.5, 0.6) is 0 Å². The highest BCUT2D eigenvalue weighted by atomic mass is 35.5. The smallest absolute Gasteiger partial charge is 0.354 e. The van der Waals surface area contributed by atoms with Crippen LogP contribution in [0.25, 0.3) is 11.4 Å². The van der Waals surface area contributed by atoms with E-state index >= 15 is 0 Å². The number of aryl methyl sites for hydroxylation is 1. The van der Waals surface area contributed by atoms with E-state index in [0.29, 0.717) is 23.4 Å². The van der Waals surface area contributed by atoms with E-state index in [1.165, 1.54) is 10.7 Å². The summed E-state index contributed by atoms with van der Waals surface area (Å²) in [6.45, 7) is 0. The fourth-order valence-electron chi connectivity index (χ4n) is 2.57. The molecule has 1 aromatic carbocycles. The van der Waals surface area contributed by atoms with E-state index in [-0.39, 0.29) is 16.8 Å². The van der Waals surface area contributed by atoms with Gasteiger partial charge in [-0.15, -0.1) is 0 Å². The molecule has 24 heavy (non-hydrogen) atoms. The SMILES string of the molecule is Cn1nc(-c2cc(Cl)nc(N)n2)c(Cc2ccccc2)c1C(=O)O. The third kappa shape index (κ3) is 3.07. The van der Waals surface area contributed by atoms with Crippen LogP contribution in [0.1, 0.15) is 21.6 Å². The second-order valence-corrected chi connectivity index (χ2v) is 5.59. The van der Waals surface area contributed by atoms with Crippen LogP contribution < -0.4 is 5.73 Å². The Balaban J connectivity index is 2.19. The number of aromatic nitrogens is 4. The molecular formula is C16H14ClN5O2. The van der Waals surface area contributed by atoms with Gasteiger partial charge in [0.25, 0.3) is 0 Å². The highest BCUT2D eigenvalue weighted by molar-refractivity contribution is 6.29. The number of benzene rings is 1. The lowest BCUT2D eigenvalue weighted by molar-refractivity contribution is 0.0684. The maximum Gasteiger partial charge on any atom is 0.354 e. The predicted molar refractivity (Wildman–Crippen MR) is 89.9 cm³/mol. The first kappa shape index (κ1) is 15.9. The minimum Gasteiger partial charge on any atom is -0.477 e. The molecule has 0 aliphatic rings. The number of hydrogen-bond acceptors (Lipinski definition) is 5. The molecular weight excluding hydrogens is 330 g/mol.